The van der Waals surface area contributed by atoms with E-state index in [0.29, 0.717) is 11.6 Å². The van der Waals surface area contributed by atoms with Gasteiger partial charge in [-0.1, -0.05) is 0 Å². The molecule has 1 N–H and O–H groups in total. The Kier molecular flexibility index (Phi) is 4.09. The molecule has 3 heterocycles. The Morgan fingerprint density at radius 2 is 2.05 bits per heavy atom. The van der Waals surface area contributed by atoms with Crippen LogP contribution < -0.4 is 10.2 Å². The molecule has 1 fully saturated rings. The fourth-order valence-electron chi connectivity index (χ4n) is 3.09. The average Bonchev–Trinajstić information content (AvgIpc) is 3.00. The molecule has 22 heavy (non-hydrogen) atoms. The van der Waals surface area contributed by atoms with Crippen LogP contribution in [0.25, 0.3) is 0 Å². The number of hydrogen-bond donors (Lipinski definition) is 1. The van der Waals surface area contributed by atoms with Gasteiger partial charge in [-0.05, 0) is 31.0 Å². The lowest BCUT2D eigenvalue weighted by atomic mass is 9.93. The van der Waals surface area contributed by atoms with Gasteiger partial charge in [-0.3, -0.25) is 14.5 Å². The van der Waals surface area contributed by atoms with E-state index in [0.717, 1.165) is 31.6 Å². The topological polar surface area (TPSA) is 63.1 Å². The first-order valence-electron chi connectivity index (χ1n) is 7.60. The maximum Gasteiger partial charge on any atom is 0.269 e. The third-order valence-corrected chi connectivity index (χ3v) is 4.34. The predicted octanol–water partition coefficient (Wildman–Crippen LogP) is 1.56. The maximum absolute atomic E-state index is 11.7. The lowest BCUT2D eigenvalue weighted by Gasteiger charge is -2.33. The largest absolute Gasteiger partial charge is 0.371 e. The first kappa shape index (κ1) is 14.6. The molecule has 0 atom stereocenters. The lowest BCUT2D eigenvalue weighted by Crippen LogP contribution is -2.33. The highest BCUT2D eigenvalue weighted by molar-refractivity contribution is 5.92. The van der Waals surface area contributed by atoms with E-state index in [9.17, 15) is 4.79 Å². The van der Waals surface area contributed by atoms with Gasteiger partial charge in [-0.2, -0.15) is 5.10 Å². The van der Waals surface area contributed by atoms with Crippen LogP contribution >= 0.6 is 0 Å². The maximum atomic E-state index is 11.7. The second kappa shape index (κ2) is 6.17. The Morgan fingerprint density at radius 3 is 2.68 bits per heavy atom. The summed E-state index contributed by atoms with van der Waals surface area (Å²) >= 11 is 0. The number of amides is 1. The molecule has 0 saturated carbocycles. The Morgan fingerprint density at radius 1 is 1.27 bits per heavy atom. The number of aryl methyl sites for hydroxylation is 1. The third kappa shape index (κ3) is 2.81. The van der Waals surface area contributed by atoms with E-state index in [1.807, 2.05) is 30.1 Å². The average molecular weight is 299 g/mol. The quantitative estimate of drug-likeness (QED) is 0.934. The fraction of sp³-hybridized carbons (Fsp3) is 0.438. The molecule has 116 valence electrons. The fourth-order valence-corrected chi connectivity index (χ4v) is 3.09. The molecule has 1 saturated heterocycles. The van der Waals surface area contributed by atoms with Crippen LogP contribution in [0.2, 0.25) is 0 Å². The van der Waals surface area contributed by atoms with Gasteiger partial charge in [-0.15, -0.1) is 0 Å². The molecular formula is C16H21N5O. The summed E-state index contributed by atoms with van der Waals surface area (Å²) in [5.74, 6) is 0.413. The third-order valence-electron chi connectivity index (χ3n) is 4.34. The van der Waals surface area contributed by atoms with Crippen molar-refractivity contribution in [2.24, 2.45) is 7.05 Å². The zero-order valence-electron chi connectivity index (χ0n) is 13.0. The summed E-state index contributed by atoms with van der Waals surface area (Å²) in [7, 11) is 3.62. The number of hydrogen-bond acceptors (Lipinski definition) is 4. The number of piperidine rings is 1. The summed E-state index contributed by atoms with van der Waals surface area (Å²) in [6, 6.07) is 5.94. The standard InChI is InChI=1S/C16H21N5O/c1-17-16(22)14-11-13(3-7-18-14)21-9-5-12(6-10-21)15-4-8-19-20(15)2/h3-4,7-8,11-12H,5-6,9-10H2,1-2H3,(H,17,22). The van der Waals surface area contributed by atoms with E-state index in [1.165, 1.54) is 5.69 Å². The number of aromatic nitrogens is 3. The molecule has 2 aromatic heterocycles. The number of anilines is 1. The Hall–Kier alpha value is -2.37. The number of nitrogens with one attached hydrogen (secondary N) is 1. The Bertz CT molecular complexity index is 658. The minimum atomic E-state index is -0.147. The van der Waals surface area contributed by atoms with Crippen molar-refractivity contribution in [2.45, 2.75) is 18.8 Å². The van der Waals surface area contributed by atoms with E-state index in [2.05, 4.69) is 26.4 Å². The molecule has 0 radical (unpaired) electrons. The zero-order chi connectivity index (χ0) is 15.5. The van der Waals surface area contributed by atoms with Gasteiger partial charge in [0.05, 0.1) is 0 Å². The van der Waals surface area contributed by atoms with Crippen LogP contribution in [-0.4, -0.2) is 40.8 Å². The first-order valence-corrected chi connectivity index (χ1v) is 7.60. The molecule has 0 aromatic carbocycles. The SMILES string of the molecule is CNC(=O)c1cc(N2CCC(c3ccnn3C)CC2)ccn1. The molecular weight excluding hydrogens is 278 g/mol. The van der Waals surface area contributed by atoms with Crippen LogP contribution in [-0.2, 0) is 7.05 Å². The van der Waals surface area contributed by atoms with Gasteiger partial charge in [0.2, 0.25) is 0 Å². The van der Waals surface area contributed by atoms with Crippen molar-refractivity contribution >= 4 is 11.6 Å². The molecule has 0 bridgehead atoms. The van der Waals surface area contributed by atoms with Crippen molar-refractivity contribution in [1.29, 1.82) is 0 Å². The van der Waals surface area contributed by atoms with E-state index in [1.54, 1.807) is 13.2 Å². The van der Waals surface area contributed by atoms with E-state index in [-0.39, 0.29) is 5.91 Å². The molecule has 0 spiro atoms. The highest BCUT2D eigenvalue weighted by atomic mass is 16.1. The van der Waals surface area contributed by atoms with Crippen molar-refractivity contribution in [3.05, 3.63) is 42.0 Å². The molecule has 6 nitrogen and oxygen atoms in total. The molecule has 6 heteroatoms. The van der Waals surface area contributed by atoms with Crippen LogP contribution in [0.5, 0.6) is 0 Å². The van der Waals surface area contributed by atoms with Crippen LogP contribution in [0.3, 0.4) is 0 Å². The zero-order valence-corrected chi connectivity index (χ0v) is 13.0. The monoisotopic (exact) mass is 299 g/mol. The van der Waals surface area contributed by atoms with Crippen LogP contribution in [0.4, 0.5) is 5.69 Å². The number of carbonyl (C=O) groups excluding carboxylic acids is 1. The van der Waals surface area contributed by atoms with Crippen LogP contribution in [0, 0.1) is 0 Å². The van der Waals surface area contributed by atoms with Gasteiger partial charge in [0.25, 0.3) is 5.91 Å². The highest BCUT2D eigenvalue weighted by Crippen LogP contribution is 2.30. The molecule has 0 aliphatic carbocycles. The molecule has 1 aliphatic heterocycles. The van der Waals surface area contributed by atoms with Crippen LogP contribution in [0.15, 0.2) is 30.6 Å². The van der Waals surface area contributed by atoms with Gasteiger partial charge in [0.15, 0.2) is 0 Å². The molecule has 1 aliphatic rings. The second-order valence-corrected chi connectivity index (χ2v) is 5.62. The summed E-state index contributed by atoms with van der Waals surface area (Å²) in [6.45, 7) is 1.96. The summed E-state index contributed by atoms with van der Waals surface area (Å²) in [4.78, 5) is 18.1. The van der Waals surface area contributed by atoms with Crippen molar-refractivity contribution in [1.82, 2.24) is 20.1 Å². The highest BCUT2D eigenvalue weighted by Gasteiger charge is 2.23. The van der Waals surface area contributed by atoms with Crippen LogP contribution in [0.1, 0.15) is 34.9 Å². The Balaban J connectivity index is 1.69. The van der Waals surface area contributed by atoms with Gasteiger partial charge >= 0.3 is 0 Å². The summed E-state index contributed by atoms with van der Waals surface area (Å²) in [5, 5.41) is 6.87. The van der Waals surface area contributed by atoms with Gasteiger partial charge < -0.3 is 10.2 Å². The summed E-state index contributed by atoms with van der Waals surface area (Å²) < 4.78 is 1.97. The van der Waals surface area contributed by atoms with Gasteiger partial charge in [-0.25, -0.2) is 0 Å². The summed E-state index contributed by atoms with van der Waals surface area (Å²) in [5.41, 5.74) is 2.84. The van der Waals surface area contributed by atoms with E-state index >= 15 is 0 Å². The van der Waals surface area contributed by atoms with Crippen molar-refractivity contribution in [3.8, 4) is 0 Å². The second-order valence-electron chi connectivity index (χ2n) is 5.62. The number of nitrogens with zero attached hydrogens (tertiary/aromatic N) is 4. The molecule has 0 unspecified atom stereocenters. The normalized spacial score (nSPS) is 15.8. The van der Waals surface area contributed by atoms with E-state index in [4.69, 9.17) is 0 Å². The molecule has 2 aromatic rings. The van der Waals surface area contributed by atoms with E-state index < -0.39 is 0 Å². The molecule has 1 amide bonds. The van der Waals surface area contributed by atoms with Crippen molar-refractivity contribution < 1.29 is 4.79 Å². The number of carbonyl (C=O) groups is 1. The molecule has 3 rings (SSSR count). The first-order chi connectivity index (χ1) is 10.7. The smallest absolute Gasteiger partial charge is 0.269 e. The minimum Gasteiger partial charge on any atom is -0.371 e. The van der Waals surface area contributed by atoms with Gasteiger partial charge in [0, 0.05) is 56.9 Å². The Labute approximate surface area is 130 Å². The predicted molar refractivity (Wildman–Crippen MR) is 85.0 cm³/mol. The number of pyridine rings is 1. The van der Waals surface area contributed by atoms with Gasteiger partial charge in [0.1, 0.15) is 5.69 Å². The lowest BCUT2D eigenvalue weighted by molar-refractivity contribution is 0.0958. The minimum absolute atomic E-state index is 0.147. The number of rotatable bonds is 3. The van der Waals surface area contributed by atoms with Crippen molar-refractivity contribution in [2.75, 3.05) is 25.0 Å². The van der Waals surface area contributed by atoms with Crippen molar-refractivity contribution in [3.63, 3.8) is 0 Å². The summed E-state index contributed by atoms with van der Waals surface area (Å²) in [6.07, 6.45) is 5.75.